The van der Waals surface area contributed by atoms with Gasteiger partial charge >= 0.3 is 0 Å². The molecule has 0 saturated carbocycles. The number of carbonyl (C=O) groups excluding carboxylic acids is 1. The van der Waals surface area contributed by atoms with Gasteiger partial charge in [0.2, 0.25) is 0 Å². The molecule has 1 amide bonds. The molecule has 0 spiro atoms. The van der Waals surface area contributed by atoms with Crippen molar-refractivity contribution < 1.29 is 9.18 Å². The number of halogens is 2. The molecule has 0 atom stereocenters. The Balaban J connectivity index is 2.58. The lowest BCUT2D eigenvalue weighted by Crippen LogP contribution is -2.24. The first-order chi connectivity index (χ1) is 6.68. The second-order valence-electron chi connectivity index (χ2n) is 2.99. The zero-order valence-electron chi connectivity index (χ0n) is 7.23. The second kappa shape index (κ2) is 3.72. The molecule has 14 heavy (non-hydrogen) atoms. The van der Waals surface area contributed by atoms with E-state index in [1.54, 1.807) is 0 Å². The van der Waals surface area contributed by atoms with Crippen molar-refractivity contribution in [2.24, 2.45) is 0 Å². The van der Waals surface area contributed by atoms with Crippen LogP contribution in [0, 0.1) is 9.39 Å². The third-order valence-electron chi connectivity index (χ3n) is 2.01. The van der Waals surface area contributed by atoms with E-state index in [-0.39, 0.29) is 11.7 Å². The fraction of sp³-hybridized carbons (Fsp3) is 0.222. The second-order valence-corrected chi connectivity index (χ2v) is 4.16. The Hall–Kier alpha value is -0.850. The smallest absolute Gasteiger partial charge is 0.253 e. The molecule has 2 rings (SSSR count). The Kier molecular flexibility index (Phi) is 2.58. The van der Waals surface area contributed by atoms with Crippen LogP contribution in [0.4, 0.5) is 10.1 Å². The van der Waals surface area contributed by atoms with Gasteiger partial charge in [-0.25, -0.2) is 4.39 Å². The SMILES string of the molecule is O=C1NCCNc2c(I)cc(F)cc21. The standard InChI is InChI=1S/C9H8FIN2O/c10-5-3-6-8(7(11)4-5)12-1-2-13-9(6)14/h3-4,12H,1-2H2,(H,13,14). The van der Waals surface area contributed by atoms with Crippen molar-refractivity contribution in [1.29, 1.82) is 0 Å². The molecule has 0 unspecified atom stereocenters. The first-order valence-corrected chi connectivity index (χ1v) is 5.27. The van der Waals surface area contributed by atoms with Crippen molar-refractivity contribution in [3.05, 3.63) is 27.1 Å². The summed E-state index contributed by atoms with van der Waals surface area (Å²) in [6, 6.07) is 2.66. The molecule has 0 bridgehead atoms. The number of rotatable bonds is 0. The number of fused-ring (bicyclic) bond motifs is 1. The summed E-state index contributed by atoms with van der Waals surface area (Å²) in [6.45, 7) is 1.23. The minimum absolute atomic E-state index is 0.220. The van der Waals surface area contributed by atoms with Crippen molar-refractivity contribution in [3.63, 3.8) is 0 Å². The average molecular weight is 306 g/mol. The first-order valence-electron chi connectivity index (χ1n) is 4.19. The van der Waals surface area contributed by atoms with E-state index in [1.165, 1.54) is 12.1 Å². The number of benzene rings is 1. The first kappa shape index (κ1) is 9.70. The topological polar surface area (TPSA) is 41.1 Å². The van der Waals surface area contributed by atoms with Gasteiger partial charge in [0.25, 0.3) is 5.91 Å². The number of anilines is 1. The molecule has 1 aliphatic rings. The van der Waals surface area contributed by atoms with E-state index in [0.29, 0.717) is 18.7 Å². The van der Waals surface area contributed by atoms with E-state index in [2.05, 4.69) is 10.6 Å². The molecular weight excluding hydrogens is 298 g/mol. The predicted octanol–water partition coefficient (Wildman–Crippen LogP) is 1.59. The molecule has 1 aliphatic heterocycles. The molecule has 1 heterocycles. The van der Waals surface area contributed by atoms with Crippen LogP contribution in [-0.2, 0) is 0 Å². The normalized spacial score (nSPS) is 15.1. The molecule has 1 aromatic carbocycles. The largest absolute Gasteiger partial charge is 0.382 e. The minimum atomic E-state index is -0.382. The fourth-order valence-corrected chi connectivity index (χ4v) is 2.17. The van der Waals surface area contributed by atoms with Crippen molar-refractivity contribution in [1.82, 2.24) is 5.32 Å². The van der Waals surface area contributed by atoms with E-state index in [4.69, 9.17) is 0 Å². The van der Waals surface area contributed by atoms with E-state index >= 15 is 0 Å². The number of amides is 1. The van der Waals surface area contributed by atoms with E-state index in [9.17, 15) is 9.18 Å². The van der Waals surface area contributed by atoms with Gasteiger partial charge < -0.3 is 10.6 Å². The van der Waals surface area contributed by atoms with Crippen LogP contribution in [0.5, 0.6) is 0 Å². The van der Waals surface area contributed by atoms with Gasteiger partial charge in [-0.2, -0.15) is 0 Å². The number of nitrogens with one attached hydrogen (secondary N) is 2. The summed E-state index contributed by atoms with van der Waals surface area (Å²) in [5, 5.41) is 5.78. The van der Waals surface area contributed by atoms with Gasteiger partial charge in [0.1, 0.15) is 5.82 Å². The lowest BCUT2D eigenvalue weighted by Gasteiger charge is -2.08. The third-order valence-corrected chi connectivity index (χ3v) is 2.86. The van der Waals surface area contributed by atoms with Crippen molar-refractivity contribution >= 4 is 34.2 Å². The zero-order chi connectivity index (χ0) is 10.1. The summed E-state index contributed by atoms with van der Waals surface area (Å²) in [5.41, 5.74) is 1.11. The molecule has 5 heteroatoms. The van der Waals surface area contributed by atoms with Gasteiger partial charge in [-0.15, -0.1) is 0 Å². The lowest BCUT2D eigenvalue weighted by atomic mass is 10.1. The van der Waals surface area contributed by atoms with Crippen LogP contribution in [0.15, 0.2) is 12.1 Å². The lowest BCUT2D eigenvalue weighted by molar-refractivity contribution is 0.0957. The Morgan fingerprint density at radius 3 is 2.79 bits per heavy atom. The summed E-state index contributed by atoms with van der Waals surface area (Å²) in [4.78, 5) is 11.5. The van der Waals surface area contributed by atoms with Crippen molar-refractivity contribution in [2.75, 3.05) is 18.4 Å². The summed E-state index contributed by atoms with van der Waals surface area (Å²) >= 11 is 2.01. The highest BCUT2D eigenvalue weighted by Crippen LogP contribution is 2.25. The minimum Gasteiger partial charge on any atom is -0.382 e. The predicted molar refractivity (Wildman–Crippen MR) is 59.9 cm³/mol. The number of hydrogen-bond donors (Lipinski definition) is 2. The summed E-state index contributed by atoms with van der Waals surface area (Å²) < 4.78 is 13.8. The van der Waals surface area contributed by atoms with Crippen LogP contribution in [0.3, 0.4) is 0 Å². The molecule has 0 radical (unpaired) electrons. The van der Waals surface area contributed by atoms with Crippen LogP contribution >= 0.6 is 22.6 Å². The van der Waals surface area contributed by atoms with Crippen LogP contribution < -0.4 is 10.6 Å². The van der Waals surface area contributed by atoms with Crippen LogP contribution in [0.1, 0.15) is 10.4 Å². The van der Waals surface area contributed by atoms with Gasteiger partial charge in [0.05, 0.1) is 11.3 Å². The van der Waals surface area contributed by atoms with E-state index in [0.717, 1.165) is 9.26 Å². The third kappa shape index (κ3) is 1.68. The molecule has 0 fully saturated rings. The molecular formula is C9H8FIN2O. The molecule has 3 nitrogen and oxygen atoms in total. The molecule has 0 aromatic heterocycles. The monoisotopic (exact) mass is 306 g/mol. The molecule has 74 valence electrons. The van der Waals surface area contributed by atoms with Crippen molar-refractivity contribution in [3.8, 4) is 0 Å². The van der Waals surface area contributed by atoms with Gasteiger partial charge in [-0.05, 0) is 34.7 Å². The van der Waals surface area contributed by atoms with Gasteiger partial charge in [-0.3, -0.25) is 4.79 Å². The number of hydrogen-bond acceptors (Lipinski definition) is 2. The molecule has 2 N–H and O–H groups in total. The highest BCUT2D eigenvalue weighted by molar-refractivity contribution is 14.1. The molecule has 1 aromatic rings. The van der Waals surface area contributed by atoms with Gasteiger partial charge in [0.15, 0.2) is 0 Å². The Bertz CT molecular complexity index is 395. The van der Waals surface area contributed by atoms with Crippen LogP contribution in [0.2, 0.25) is 0 Å². The Labute approximate surface area is 94.2 Å². The maximum atomic E-state index is 13.0. The van der Waals surface area contributed by atoms with Gasteiger partial charge in [0, 0.05) is 16.7 Å². The number of carbonyl (C=O) groups is 1. The van der Waals surface area contributed by atoms with Crippen molar-refractivity contribution in [2.45, 2.75) is 0 Å². The summed E-state index contributed by atoms with van der Waals surface area (Å²) in [5.74, 6) is -0.602. The summed E-state index contributed by atoms with van der Waals surface area (Å²) in [6.07, 6.45) is 0. The van der Waals surface area contributed by atoms with E-state index in [1.807, 2.05) is 22.6 Å². The Morgan fingerprint density at radius 2 is 2.00 bits per heavy atom. The Morgan fingerprint density at radius 1 is 1.29 bits per heavy atom. The highest BCUT2D eigenvalue weighted by Gasteiger charge is 2.17. The molecule has 0 aliphatic carbocycles. The maximum absolute atomic E-state index is 13.0. The molecule has 0 saturated heterocycles. The zero-order valence-corrected chi connectivity index (χ0v) is 9.39. The van der Waals surface area contributed by atoms with Crippen LogP contribution in [0.25, 0.3) is 0 Å². The maximum Gasteiger partial charge on any atom is 0.253 e. The fourth-order valence-electron chi connectivity index (χ4n) is 1.39. The quantitative estimate of drug-likeness (QED) is 0.715. The van der Waals surface area contributed by atoms with E-state index < -0.39 is 0 Å². The summed E-state index contributed by atoms with van der Waals surface area (Å²) in [7, 11) is 0. The average Bonchev–Trinajstić information content (AvgIpc) is 2.29. The van der Waals surface area contributed by atoms with Gasteiger partial charge in [-0.1, -0.05) is 0 Å². The van der Waals surface area contributed by atoms with Crippen LogP contribution in [-0.4, -0.2) is 19.0 Å². The highest BCUT2D eigenvalue weighted by atomic mass is 127.